The van der Waals surface area contributed by atoms with Gasteiger partial charge in [0.05, 0.1) is 12.2 Å². The number of nitrogens with one attached hydrogen (secondary N) is 1. The Labute approximate surface area is 164 Å². The summed E-state index contributed by atoms with van der Waals surface area (Å²) < 4.78 is 1.91. The molecule has 3 aromatic rings. The smallest absolute Gasteiger partial charge is 0.354 e. The van der Waals surface area contributed by atoms with Crippen LogP contribution in [0.3, 0.4) is 0 Å². The second-order valence-corrected chi connectivity index (χ2v) is 6.32. The molecule has 0 unspecified atom stereocenters. The summed E-state index contributed by atoms with van der Waals surface area (Å²) in [7, 11) is 0. The van der Waals surface area contributed by atoms with Gasteiger partial charge in [-0.2, -0.15) is 0 Å². The molecule has 140 valence electrons. The monoisotopic (exact) mass is 395 g/mol. The minimum absolute atomic E-state index is 0.0364. The zero-order chi connectivity index (χ0) is 20.3. The molecule has 1 N–H and O–H groups in total. The molecule has 0 aliphatic heterocycles. The Balaban J connectivity index is 2.14. The van der Waals surface area contributed by atoms with Crippen molar-refractivity contribution in [1.82, 2.24) is 14.3 Å². The molecule has 1 aromatic heterocycles. The van der Waals surface area contributed by atoms with Crippen LogP contribution in [-0.2, 0) is 11.3 Å². The van der Waals surface area contributed by atoms with E-state index in [1.807, 2.05) is 0 Å². The van der Waals surface area contributed by atoms with Gasteiger partial charge in [-0.3, -0.25) is 14.2 Å². The summed E-state index contributed by atoms with van der Waals surface area (Å²) in [4.78, 5) is 39.8. The first-order chi connectivity index (χ1) is 13.4. The molecule has 3 rings (SSSR count). The molecule has 0 aliphatic carbocycles. The Bertz CT molecular complexity index is 1210. The van der Waals surface area contributed by atoms with Gasteiger partial charge in [-0.25, -0.2) is 4.79 Å². The van der Waals surface area contributed by atoms with Gasteiger partial charge in [0.1, 0.15) is 0 Å². The lowest BCUT2D eigenvalue weighted by Crippen LogP contribution is -2.40. The van der Waals surface area contributed by atoms with Gasteiger partial charge in [-0.05, 0) is 41.0 Å². The summed E-state index contributed by atoms with van der Waals surface area (Å²) in [5.74, 6) is -0.703. The van der Waals surface area contributed by atoms with Crippen molar-refractivity contribution in [2.45, 2.75) is 13.5 Å². The minimum atomic E-state index is -0.774. The van der Waals surface area contributed by atoms with Crippen LogP contribution in [0.4, 0.5) is 11.5 Å². The number of benzene rings is 2. The topological polar surface area (TPSA) is 90.3 Å². The van der Waals surface area contributed by atoms with Crippen molar-refractivity contribution in [3.63, 3.8) is 0 Å². The zero-order valence-corrected chi connectivity index (χ0v) is 15.5. The SMILES string of the molecule is [C-]#[N+]c1nn(-c2cccc(NC(C)=O)c2)c(=O)n(Cc2ccc(Cl)cc2)c1=O. The first-order valence-electron chi connectivity index (χ1n) is 8.13. The summed E-state index contributed by atoms with van der Waals surface area (Å²) >= 11 is 5.87. The fraction of sp³-hybridized carbons (Fsp3) is 0.105. The molecular weight excluding hydrogens is 382 g/mol. The highest BCUT2D eigenvalue weighted by Crippen LogP contribution is 2.14. The average molecular weight is 396 g/mol. The quantitative estimate of drug-likeness (QED) is 0.687. The molecule has 2 aromatic carbocycles. The Morgan fingerprint density at radius 2 is 1.93 bits per heavy atom. The van der Waals surface area contributed by atoms with Crippen molar-refractivity contribution in [1.29, 1.82) is 0 Å². The average Bonchev–Trinajstić information content (AvgIpc) is 2.66. The van der Waals surface area contributed by atoms with E-state index in [4.69, 9.17) is 18.2 Å². The fourth-order valence-electron chi connectivity index (χ4n) is 2.57. The molecule has 1 amide bonds. The summed E-state index contributed by atoms with van der Waals surface area (Å²) in [6, 6.07) is 13.1. The molecule has 0 aliphatic rings. The van der Waals surface area contributed by atoms with Crippen LogP contribution in [0.15, 0.2) is 58.1 Å². The van der Waals surface area contributed by atoms with Crippen LogP contribution in [0.25, 0.3) is 10.5 Å². The number of hydrogen-bond donors (Lipinski definition) is 1. The van der Waals surface area contributed by atoms with Crippen LogP contribution >= 0.6 is 11.6 Å². The van der Waals surface area contributed by atoms with Gasteiger partial charge < -0.3 is 10.2 Å². The van der Waals surface area contributed by atoms with Gasteiger partial charge in [0.15, 0.2) is 0 Å². The van der Waals surface area contributed by atoms with Crippen LogP contribution in [-0.4, -0.2) is 20.3 Å². The Morgan fingerprint density at radius 3 is 2.57 bits per heavy atom. The van der Waals surface area contributed by atoms with Crippen LogP contribution in [0.5, 0.6) is 0 Å². The van der Waals surface area contributed by atoms with Gasteiger partial charge >= 0.3 is 11.5 Å². The van der Waals surface area contributed by atoms with Gasteiger partial charge in [-0.1, -0.05) is 36.4 Å². The lowest BCUT2D eigenvalue weighted by atomic mass is 10.2. The third-order valence-corrected chi connectivity index (χ3v) is 4.07. The zero-order valence-electron chi connectivity index (χ0n) is 14.7. The summed E-state index contributed by atoms with van der Waals surface area (Å²) in [5, 5.41) is 7.02. The summed E-state index contributed by atoms with van der Waals surface area (Å²) in [5.41, 5.74) is -0.0367. The number of halogens is 1. The van der Waals surface area contributed by atoms with Crippen molar-refractivity contribution < 1.29 is 4.79 Å². The van der Waals surface area contributed by atoms with E-state index in [0.717, 1.165) is 9.25 Å². The number of nitrogens with zero attached hydrogens (tertiary/aromatic N) is 4. The lowest BCUT2D eigenvalue weighted by molar-refractivity contribution is -0.114. The van der Waals surface area contributed by atoms with Gasteiger partial charge in [-0.15, -0.1) is 4.68 Å². The molecule has 28 heavy (non-hydrogen) atoms. The van der Waals surface area contributed by atoms with Crippen LogP contribution in [0, 0.1) is 6.57 Å². The maximum Gasteiger partial charge on any atom is 0.368 e. The van der Waals surface area contributed by atoms with Crippen LogP contribution < -0.4 is 16.6 Å². The summed E-state index contributed by atoms with van der Waals surface area (Å²) in [6.07, 6.45) is 0. The molecule has 8 nitrogen and oxygen atoms in total. The molecule has 0 saturated heterocycles. The molecule has 0 atom stereocenters. The van der Waals surface area contributed by atoms with E-state index in [-0.39, 0.29) is 12.5 Å². The number of carbonyl (C=O) groups excluding carboxylic acids is 1. The predicted octanol–water partition coefficient (Wildman–Crippen LogP) is 2.61. The molecule has 0 radical (unpaired) electrons. The number of carbonyl (C=O) groups is 1. The van der Waals surface area contributed by atoms with E-state index < -0.39 is 17.1 Å². The second kappa shape index (κ2) is 7.90. The lowest BCUT2D eigenvalue weighted by Gasteiger charge is -2.09. The van der Waals surface area contributed by atoms with Gasteiger partial charge in [0.25, 0.3) is 5.56 Å². The predicted molar refractivity (Wildman–Crippen MR) is 105 cm³/mol. The van der Waals surface area contributed by atoms with E-state index in [0.29, 0.717) is 22.0 Å². The number of aromatic nitrogens is 3. The Morgan fingerprint density at radius 1 is 1.21 bits per heavy atom. The van der Waals surface area contributed by atoms with Crippen molar-refractivity contribution in [3.05, 3.63) is 91.4 Å². The largest absolute Gasteiger partial charge is 0.368 e. The highest BCUT2D eigenvalue weighted by Gasteiger charge is 2.17. The van der Waals surface area contributed by atoms with Crippen molar-refractivity contribution >= 4 is 29.0 Å². The van der Waals surface area contributed by atoms with Gasteiger partial charge in [0, 0.05) is 17.6 Å². The normalized spacial score (nSPS) is 10.3. The van der Waals surface area contributed by atoms with Crippen molar-refractivity contribution in [3.8, 4) is 5.69 Å². The highest BCUT2D eigenvalue weighted by molar-refractivity contribution is 6.30. The third kappa shape index (κ3) is 4.00. The maximum absolute atomic E-state index is 12.9. The number of rotatable bonds is 4. The van der Waals surface area contributed by atoms with Crippen LogP contribution in [0.2, 0.25) is 5.02 Å². The van der Waals surface area contributed by atoms with E-state index in [1.54, 1.807) is 42.5 Å². The highest BCUT2D eigenvalue weighted by atomic mass is 35.5. The van der Waals surface area contributed by atoms with Crippen LogP contribution in [0.1, 0.15) is 12.5 Å². The first kappa shape index (κ1) is 19.1. The molecule has 0 spiro atoms. The fourth-order valence-corrected chi connectivity index (χ4v) is 2.70. The molecule has 0 bridgehead atoms. The van der Waals surface area contributed by atoms with E-state index in [9.17, 15) is 14.4 Å². The van der Waals surface area contributed by atoms with Crippen molar-refractivity contribution in [2.75, 3.05) is 5.32 Å². The molecule has 0 saturated carbocycles. The third-order valence-electron chi connectivity index (χ3n) is 3.81. The van der Waals surface area contributed by atoms with Gasteiger partial charge in [0.2, 0.25) is 5.91 Å². The van der Waals surface area contributed by atoms with E-state index in [1.165, 1.54) is 13.0 Å². The second-order valence-electron chi connectivity index (χ2n) is 5.88. The van der Waals surface area contributed by atoms with E-state index in [2.05, 4.69) is 15.3 Å². The van der Waals surface area contributed by atoms with Crippen molar-refractivity contribution in [2.24, 2.45) is 0 Å². The Kier molecular flexibility index (Phi) is 5.38. The molecule has 1 heterocycles. The summed E-state index contributed by atoms with van der Waals surface area (Å²) in [6.45, 7) is 8.54. The maximum atomic E-state index is 12.9. The van der Waals surface area contributed by atoms with E-state index >= 15 is 0 Å². The Hall–Kier alpha value is -3.70. The first-order valence-corrected chi connectivity index (χ1v) is 8.51. The minimum Gasteiger partial charge on any atom is -0.354 e. The number of amides is 1. The molecule has 0 fully saturated rings. The number of hydrogen-bond acceptors (Lipinski definition) is 4. The number of anilines is 1. The standard InChI is InChI=1S/C19H14ClN5O3/c1-12(26)22-15-4-3-5-16(10-15)25-19(28)24(18(27)17(21-2)23-25)11-13-6-8-14(20)9-7-13/h3-10H,11H2,1H3,(H,22,26). The molecule has 9 heteroatoms. The molecular formula is C19H14ClN5O3.